The van der Waals surface area contributed by atoms with Crippen LogP contribution in [0.1, 0.15) is 32.3 Å². The minimum Gasteiger partial charge on any atom is -0.396 e. The molecule has 1 saturated heterocycles. The van der Waals surface area contributed by atoms with Crippen molar-refractivity contribution in [3.63, 3.8) is 0 Å². The average Bonchev–Trinajstić information content (AvgIpc) is 2.31. The first-order chi connectivity index (χ1) is 8.88. The van der Waals surface area contributed by atoms with Crippen molar-refractivity contribution >= 4 is 36.9 Å². The zero-order valence-electron chi connectivity index (χ0n) is 11.8. The number of hydrogen-bond donors (Lipinski definition) is 1. The Bertz CT molecular complexity index is 494. The fourth-order valence-corrected chi connectivity index (χ4v) is 3.38. The molecule has 20 heavy (non-hydrogen) atoms. The number of rotatable bonds is 3. The average molecular weight is 316 g/mol. The first-order valence-corrected chi connectivity index (χ1v) is 7.29. The largest absolute Gasteiger partial charge is 0.396 e. The third-order valence-corrected chi connectivity index (χ3v) is 4.80. The van der Waals surface area contributed by atoms with Gasteiger partial charge in [0.15, 0.2) is 0 Å². The Morgan fingerprint density at radius 2 is 2.15 bits per heavy atom. The maximum atomic E-state index is 13.1. The van der Waals surface area contributed by atoms with Gasteiger partial charge >= 0.3 is 0 Å². The maximum absolute atomic E-state index is 13.1. The van der Waals surface area contributed by atoms with E-state index in [0.29, 0.717) is 18.6 Å². The lowest BCUT2D eigenvalue weighted by Crippen LogP contribution is -2.46. The van der Waals surface area contributed by atoms with Crippen molar-refractivity contribution < 1.29 is 9.18 Å². The van der Waals surface area contributed by atoms with Crippen LogP contribution in [-0.4, -0.2) is 22.2 Å². The summed E-state index contributed by atoms with van der Waals surface area (Å²) in [7, 11) is 0. The van der Waals surface area contributed by atoms with E-state index in [9.17, 15) is 9.18 Å². The van der Waals surface area contributed by atoms with Gasteiger partial charge in [-0.15, -0.1) is 0 Å². The number of benzene rings is 1. The van der Waals surface area contributed by atoms with Gasteiger partial charge in [0.1, 0.15) is 11.6 Å². The normalized spacial score (nSPS) is 18.6. The lowest BCUT2D eigenvalue weighted by Gasteiger charge is -2.40. The number of anilines is 1. The summed E-state index contributed by atoms with van der Waals surface area (Å²) in [4.78, 5) is 11.5. The van der Waals surface area contributed by atoms with Gasteiger partial charge in [0.25, 0.3) is 0 Å². The third-order valence-electron chi connectivity index (χ3n) is 3.35. The van der Waals surface area contributed by atoms with Crippen LogP contribution in [0.5, 0.6) is 0 Å². The Labute approximate surface area is 130 Å². The van der Waals surface area contributed by atoms with E-state index in [4.69, 9.17) is 5.73 Å². The molecule has 0 aliphatic carbocycles. The first-order valence-electron chi connectivity index (χ1n) is 6.35. The summed E-state index contributed by atoms with van der Waals surface area (Å²) in [6.45, 7) is 4.93. The molecule has 0 bridgehead atoms. The smallest absolute Gasteiger partial charge is 0.146 e. The number of halogens is 1. The highest BCUT2D eigenvalue weighted by Crippen LogP contribution is 2.33. The highest BCUT2D eigenvalue weighted by atomic mass is 32.2. The number of carbonyl (C=O) groups is 1. The number of Topliss-reactive ketones (excluding diaryl/α,β-unsaturated/α-hetero) is 1. The zero-order valence-corrected chi connectivity index (χ0v) is 13.6. The summed E-state index contributed by atoms with van der Waals surface area (Å²) in [6, 6.07) is 4.82. The van der Waals surface area contributed by atoms with Gasteiger partial charge in [-0.2, -0.15) is 13.5 Å². The predicted octanol–water partition coefficient (Wildman–Crippen LogP) is 3.11. The van der Waals surface area contributed by atoms with Crippen molar-refractivity contribution in [2.24, 2.45) is 0 Å². The minimum atomic E-state index is -0.377. The van der Waals surface area contributed by atoms with Crippen LogP contribution >= 0.6 is 25.4 Å². The van der Waals surface area contributed by atoms with E-state index in [-0.39, 0.29) is 30.5 Å². The fourth-order valence-electron chi connectivity index (χ4n) is 2.26. The zero-order chi connectivity index (χ0) is 14.0. The number of nitrogens with two attached hydrogens (primary N) is 1. The molecule has 3 nitrogen and oxygen atoms in total. The number of ketones is 1. The molecular weight excluding hydrogens is 295 g/mol. The number of carbonyl (C=O) groups excluding carboxylic acids is 1. The molecule has 1 aliphatic heterocycles. The van der Waals surface area contributed by atoms with Crippen molar-refractivity contribution in [1.29, 1.82) is 0 Å². The lowest BCUT2D eigenvalue weighted by atomic mass is 9.92. The van der Waals surface area contributed by atoms with E-state index >= 15 is 0 Å². The molecule has 6 heteroatoms. The minimum absolute atomic E-state index is 0. The predicted molar refractivity (Wildman–Crippen MR) is 87.5 cm³/mol. The van der Waals surface area contributed by atoms with Crippen LogP contribution < -0.4 is 5.73 Å². The summed E-state index contributed by atoms with van der Waals surface area (Å²) in [5, 5.41) is 0. The van der Waals surface area contributed by atoms with Crippen LogP contribution in [0, 0.1) is 5.82 Å². The Balaban J connectivity index is 0.00000200. The van der Waals surface area contributed by atoms with E-state index in [1.807, 2.05) is 0 Å². The van der Waals surface area contributed by atoms with Crippen molar-refractivity contribution in [2.45, 2.75) is 38.0 Å². The Hall–Kier alpha value is -0.720. The summed E-state index contributed by atoms with van der Waals surface area (Å²) in [6.07, 6.45) is 1.20. The van der Waals surface area contributed by atoms with Gasteiger partial charge in [-0.3, -0.25) is 4.79 Å². The highest BCUT2D eigenvalue weighted by molar-refractivity contribution is 7.96. The van der Waals surface area contributed by atoms with Crippen molar-refractivity contribution in [3.05, 3.63) is 29.6 Å². The monoisotopic (exact) mass is 316 g/mol. The van der Waals surface area contributed by atoms with Crippen LogP contribution in [0.3, 0.4) is 0 Å². The van der Waals surface area contributed by atoms with Crippen LogP contribution in [-0.2, 0) is 10.5 Å². The molecule has 0 unspecified atom stereocenters. The topological polar surface area (TPSA) is 46.3 Å². The van der Waals surface area contributed by atoms with Crippen LogP contribution in [0.15, 0.2) is 18.2 Å². The molecule has 0 spiro atoms. The SMILES string of the molecule is CC1(C)CC(=O)CCN1SCc1ccc(F)c(N)c1.S. The Morgan fingerprint density at radius 3 is 2.75 bits per heavy atom. The highest BCUT2D eigenvalue weighted by Gasteiger charge is 2.34. The third kappa shape index (κ3) is 4.14. The van der Waals surface area contributed by atoms with E-state index in [1.165, 1.54) is 6.07 Å². The number of piperidine rings is 1. The molecule has 2 N–H and O–H groups in total. The van der Waals surface area contributed by atoms with Crippen molar-refractivity contribution in [1.82, 2.24) is 4.31 Å². The standard InChI is InChI=1S/C14H19FN2OS.H2S/c1-14(2)8-11(18)5-6-17(14)19-9-10-3-4-12(15)13(16)7-10;/h3-4,7H,5-6,8-9,16H2,1-2H3;1H2. The van der Waals surface area contributed by atoms with Crippen LogP contribution in [0.2, 0.25) is 0 Å². The van der Waals surface area contributed by atoms with Gasteiger partial charge in [0.05, 0.1) is 5.69 Å². The summed E-state index contributed by atoms with van der Waals surface area (Å²) >= 11 is 1.68. The maximum Gasteiger partial charge on any atom is 0.146 e. The molecule has 2 rings (SSSR count). The van der Waals surface area contributed by atoms with E-state index < -0.39 is 0 Å². The first kappa shape index (κ1) is 17.3. The number of nitrogen functional groups attached to an aromatic ring is 1. The summed E-state index contributed by atoms with van der Waals surface area (Å²) in [5.74, 6) is 0.688. The van der Waals surface area contributed by atoms with Crippen LogP contribution in [0.25, 0.3) is 0 Å². The molecule has 112 valence electrons. The molecular formula is C14H21FN2OS2. The molecule has 0 amide bonds. The molecule has 1 aromatic rings. The Kier molecular flexibility index (Phi) is 5.91. The molecule has 1 fully saturated rings. The molecule has 1 aromatic carbocycles. The molecule has 1 heterocycles. The summed E-state index contributed by atoms with van der Waals surface area (Å²) in [5.41, 5.74) is 6.62. The second kappa shape index (κ2) is 6.83. The molecule has 0 aromatic heterocycles. The molecule has 1 aliphatic rings. The van der Waals surface area contributed by atoms with E-state index in [0.717, 1.165) is 17.9 Å². The van der Waals surface area contributed by atoms with Crippen molar-refractivity contribution in [3.8, 4) is 0 Å². The lowest BCUT2D eigenvalue weighted by molar-refractivity contribution is -0.123. The number of hydrogen-bond acceptors (Lipinski definition) is 4. The Morgan fingerprint density at radius 1 is 1.45 bits per heavy atom. The van der Waals surface area contributed by atoms with Crippen LogP contribution in [0.4, 0.5) is 10.1 Å². The molecule has 0 saturated carbocycles. The van der Waals surface area contributed by atoms with E-state index in [1.54, 1.807) is 24.1 Å². The van der Waals surface area contributed by atoms with E-state index in [2.05, 4.69) is 18.2 Å². The molecule has 0 radical (unpaired) electrons. The quantitative estimate of drug-likeness (QED) is 0.687. The van der Waals surface area contributed by atoms with Gasteiger partial charge in [-0.1, -0.05) is 18.0 Å². The number of nitrogens with zero attached hydrogens (tertiary/aromatic N) is 1. The van der Waals surface area contributed by atoms with Gasteiger partial charge < -0.3 is 5.73 Å². The van der Waals surface area contributed by atoms with Crippen molar-refractivity contribution in [2.75, 3.05) is 12.3 Å². The van der Waals surface area contributed by atoms with Gasteiger partial charge in [0.2, 0.25) is 0 Å². The fraction of sp³-hybridized carbons (Fsp3) is 0.500. The van der Waals surface area contributed by atoms with Gasteiger partial charge in [-0.25, -0.2) is 8.70 Å². The van der Waals surface area contributed by atoms with Gasteiger partial charge in [-0.05, 0) is 31.5 Å². The summed E-state index contributed by atoms with van der Waals surface area (Å²) < 4.78 is 15.3. The second-order valence-corrected chi connectivity index (χ2v) is 6.50. The second-order valence-electron chi connectivity index (χ2n) is 5.51. The van der Waals surface area contributed by atoms with Gasteiger partial charge in [0, 0.05) is 30.7 Å². The molecule has 0 atom stereocenters.